The third-order valence-corrected chi connectivity index (χ3v) is 3.37. The zero-order chi connectivity index (χ0) is 13.5. The number of ether oxygens (including phenoxy) is 1. The summed E-state index contributed by atoms with van der Waals surface area (Å²) in [5.41, 5.74) is 0. The number of likely N-dealkylation sites (N-methyl/N-ethyl adjacent to an activating group) is 1. The van der Waals surface area contributed by atoms with Crippen molar-refractivity contribution in [3.05, 3.63) is 0 Å². The monoisotopic (exact) mass is 256 g/mol. The maximum absolute atomic E-state index is 12.2. The first kappa shape index (κ1) is 15.0. The normalized spacial score (nSPS) is 17.0. The minimum Gasteiger partial charge on any atom is -0.465 e. The number of esters is 1. The van der Waals surface area contributed by atoms with Crippen molar-refractivity contribution < 1.29 is 14.3 Å². The van der Waals surface area contributed by atoms with Gasteiger partial charge >= 0.3 is 5.97 Å². The lowest BCUT2D eigenvalue weighted by Crippen LogP contribution is -2.48. The second kappa shape index (κ2) is 7.36. The maximum Gasteiger partial charge on any atom is 0.320 e. The number of rotatable bonds is 6. The molecule has 1 atom stereocenters. The van der Waals surface area contributed by atoms with Crippen LogP contribution >= 0.6 is 0 Å². The molecule has 1 heterocycles. The van der Waals surface area contributed by atoms with Crippen LogP contribution < -0.4 is 0 Å². The molecule has 0 spiro atoms. The van der Waals surface area contributed by atoms with Crippen molar-refractivity contribution >= 4 is 11.9 Å². The van der Waals surface area contributed by atoms with E-state index in [9.17, 15) is 9.59 Å². The molecule has 0 radical (unpaired) electrons. The van der Waals surface area contributed by atoms with Crippen LogP contribution in [0.3, 0.4) is 0 Å². The smallest absolute Gasteiger partial charge is 0.320 e. The zero-order valence-electron chi connectivity index (χ0n) is 11.6. The summed E-state index contributed by atoms with van der Waals surface area (Å²) in [6.45, 7) is 8.53. The first-order valence-corrected chi connectivity index (χ1v) is 6.78. The maximum atomic E-state index is 12.2. The van der Waals surface area contributed by atoms with Crippen molar-refractivity contribution in [3.63, 3.8) is 0 Å². The fourth-order valence-electron chi connectivity index (χ4n) is 2.25. The minimum atomic E-state index is -0.263. The van der Waals surface area contributed by atoms with Crippen LogP contribution in [0.5, 0.6) is 0 Å². The Morgan fingerprint density at radius 3 is 2.39 bits per heavy atom. The predicted octanol–water partition coefficient (Wildman–Crippen LogP) is 0.882. The molecule has 1 rings (SSSR count). The molecule has 0 N–H and O–H groups in total. The number of carbonyl (C=O) groups excluding carboxylic acids is 2. The summed E-state index contributed by atoms with van der Waals surface area (Å²) in [5, 5.41) is 0. The number of hydrogen-bond donors (Lipinski definition) is 0. The molecule has 0 saturated carbocycles. The summed E-state index contributed by atoms with van der Waals surface area (Å²) in [6, 6.07) is -0.252. The molecule has 1 saturated heterocycles. The summed E-state index contributed by atoms with van der Waals surface area (Å²) in [4.78, 5) is 27.4. The zero-order valence-corrected chi connectivity index (χ0v) is 11.6. The van der Waals surface area contributed by atoms with Gasteiger partial charge in [0.15, 0.2) is 0 Å². The average Bonchev–Trinajstić information content (AvgIpc) is 2.88. The fourth-order valence-corrected chi connectivity index (χ4v) is 2.25. The van der Waals surface area contributed by atoms with Gasteiger partial charge in [0.25, 0.3) is 0 Å². The van der Waals surface area contributed by atoms with E-state index < -0.39 is 0 Å². The SMILES string of the molecule is CCOC(=O)CN(CC)C(C)C(=O)N1CCCC1. The van der Waals surface area contributed by atoms with Gasteiger partial charge in [0.2, 0.25) is 5.91 Å². The van der Waals surface area contributed by atoms with E-state index in [4.69, 9.17) is 4.74 Å². The van der Waals surface area contributed by atoms with E-state index in [0.29, 0.717) is 13.2 Å². The molecular formula is C13H24N2O3. The van der Waals surface area contributed by atoms with Crippen LogP contribution in [0, 0.1) is 0 Å². The third-order valence-electron chi connectivity index (χ3n) is 3.37. The Labute approximate surface area is 109 Å². The lowest BCUT2D eigenvalue weighted by Gasteiger charge is -2.29. The molecule has 0 aromatic carbocycles. The van der Waals surface area contributed by atoms with Gasteiger partial charge in [0, 0.05) is 13.1 Å². The van der Waals surface area contributed by atoms with Gasteiger partial charge in [0.1, 0.15) is 0 Å². The molecule has 0 aromatic heterocycles. The van der Waals surface area contributed by atoms with E-state index in [-0.39, 0.29) is 24.5 Å². The largest absolute Gasteiger partial charge is 0.465 e. The van der Waals surface area contributed by atoms with Gasteiger partial charge in [-0.25, -0.2) is 0 Å². The fraction of sp³-hybridized carbons (Fsp3) is 0.846. The van der Waals surface area contributed by atoms with Crippen LogP contribution in [-0.4, -0.2) is 60.5 Å². The standard InChI is InChI=1S/C13H24N2O3/c1-4-14(10-12(16)18-5-2)11(3)13(17)15-8-6-7-9-15/h11H,4-10H2,1-3H3. The third kappa shape index (κ3) is 3.98. The lowest BCUT2D eigenvalue weighted by molar-refractivity contribution is -0.146. The summed E-state index contributed by atoms with van der Waals surface area (Å²) >= 11 is 0. The highest BCUT2D eigenvalue weighted by molar-refractivity contribution is 5.82. The molecule has 1 aliphatic rings. The predicted molar refractivity (Wildman–Crippen MR) is 69.2 cm³/mol. The summed E-state index contributed by atoms with van der Waals surface area (Å²) in [6.07, 6.45) is 2.17. The van der Waals surface area contributed by atoms with Gasteiger partial charge in [-0.3, -0.25) is 14.5 Å². The van der Waals surface area contributed by atoms with Crippen LogP contribution in [0.1, 0.15) is 33.6 Å². The van der Waals surface area contributed by atoms with Crippen LogP contribution in [0.15, 0.2) is 0 Å². The Balaban J connectivity index is 2.52. The van der Waals surface area contributed by atoms with Gasteiger partial charge in [-0.2, -0.15) is 0 Å². The second-order valence-electron chi connectivity index (χ2n) is 4.58. The molecule has 1 amide bonds. The van der Waals surface area contributed by atoms with Gasteiger partial charge < -0.3 is 9.64 Å². The van der Waals surface area contributed by atoms with E-state index >= 15 is 0 Å². The second-order valence-corrected chi connectivity index (χ2v) is 4.58. The topological polar surface area (TPSA) is 49.9 Å². The molecule has 104 valence electrons. The molecule has 1 unspecified atom stereocenters. The average molecular weight is 256 g/mol. The van der Waals surface area contributed by atoms with Crippen molar-refractivity contribution in [2.24, 2.45) is 0 Å². The molecule has 0 aliphatic carbocycles. The highest BCUT2D eigenvalue weighted by Crippen LogP contribution is 2.12. The molecule has 1 aliphatic heterocycles. The Hall–Kier alpha value is -1.10. The van der Waals surface area contributed by atoms with E-state index in [1.807, 2.05) is 23.6 Å². The number of likely N-dealkylation sites (tertiary alicyclic amines) is 1. The van der Waals surface area contributed by atoms with Gasteiger partial charge in [-0.1, -0.05) is 6.92 Å². The van der Waals surface area contributed by atoms with Crippen molar-refractivity contribution in [3.8, 4) is 0 Å². The summed E-state index contributed by atoms with van der Waals surface area (Å²) in [7, 11) is 0. The van der Waals surface area contributed by atoms with Crippen molar-refractivity contribution in [1.82, 2.24) is 9.80 Å². The molecule has 5 heteroatoms. The van der Waals surface area contributed by atoms with E-state index in [1.54, 1.807) is 6.92 Å². The molecular weight excluding hydrogens is 232 g/mol. The Morgan fingerprint density at radius 2 is 1.89 bits per heavy atom. The molecule has 0 bridgehead atoms. The number of hydrogen-bond acceptors (Lipinski definition) is 4. The number of carbonyl (C=O) groups is 2. The number of nitrogens with zero attached hydrogens (tertiary/aromatic N) is 2. The Kier molecular flexibility index (Phi) is 6.12. The van der Waals surface area contributed by atoms with Crippen molar-refractivity contribution in [2.75, 3.05) is 32.8 Å². The molecule has 1 fully saturated rings. The molecule has 0 aromatic rings. The summed E-state index contributed by atoms with van der Waals surface area (Å²) < 4.78 is 4.92. The Bertz CT molecular complexity index is 288. The highest BCUT2D eigenvalue weighted by atomic mass is 16.5. The van der Waals surface area contributed by atoms with Crippen LogP contribution in [0.2, 0.25) is 0 Å². The van der Waals surface area contributed by atoms with Gasteiger partial charge in [-0.05, 0) is 33.2 Å². The highest BCUT2D eigenvalue weighted by Gasteiger charge is 2.28. The van der Waals surface area contributed by atoms with Crippen LogP contribution in [0.25, 0.3) is 0 Å². The molecule has 5 nitrogen and oxygen atoms in total. The van der Waals surface area contributed by atoms with Crippen LogP contribution in [0.4, 0.5) is 0 Å². The van der Waals surface area contributed by atoms with Crippen molar-refractivity contribution in [1.29, 1.82) is 0 Å². The Morgan fingerprint density at radius 1 is 1.28 bits per heavy atom. The quantitative estimate of drug-likeness (QED) is 0.662. The van der Waals surface area contributed by atoms with Crippen LogP contribution in [-0.2, 0) is 14.3 Å². The van der Waals surface area contributed by atoms with Gasteiger partial charge in [0.05, 0.1) is 19.2 Å². The first-order chi connectivity index (χ1) is 8.60. The van der Waals surface area contributed by atoms with Crippen molar-refractivity contribution in [2.45, 2.75) is 39.7 Å². The van der Waals surface area contributed by atoms with E-state index in [0.717, 1.165) is 25.9 Å². The molecule has 18 heavy (non-hydrogen) atoms. The first-order valence-electron chi connectivity index (χ1n) is 6.78. The summed E-state index contributed by atoms with van der Waals surface area (Å²) in [5.74, 6) is -0.140. The van der Waals surface area contributed by atoms with E-state index in [1.165, 1.54) is 0 Å². The van der Waals surface area contributed by atoms with E-state index in [2.05, 4.69) is 0 Å². The lowest BCUT2D eigenvalue weighted by atomic mass is 10.2. The number of amides is 1. The minimum absolute atomic E-state index is 0.124. The van der Waals surface area contributed by atoms with Gasteiger partial charge in [-0.15, -0.1) is 0 Å².